The molecule has 1 heterocycles. The Morgan fingerprint density at radius 2 is 1.88 bits per heavy atom. The van der Waals surface area contributed by atoms with E-state index in [9.17, 15) is 5.11 Å². The van der Waals surface area contributed by atoms with Crippen molar-refractivity contribution in [2.24, 2.45) is 5.41 Å². The van der Waals surface area contributed by atoms with E-state index in [4.69, 9.17) is 0 Å². The summed E-state index contributed by atoms with van der Waals surface area (Å²) in [6.45, 7) is 10.4. The van der Waals surface area contributed by atoms with Crippen molar-refractivity contribution >= 4 is 0 Å². The molecule has 1 rings (SSSR count). The number of unbranched alkanes of at least 4 members (excludes halogenated alkanes) is 1. The van der Waals surface area contributed by atoms with Crippen LogP contribution >= 0.6 is 0 Å². The predicted molar refractivity (Wildman–Crippen MR) is 69.6 cm³/mol. The smallest absolute Gasteiger partial charge is 0.0512 e. The fourth-order valence-corrected chi connectivity index (χ4v) is 2.45. The summed E-state index contributed by atoms with van der Waals surface area (Å²) >= 11 is 0. The summed E-state index contributed by atoms with van der Waals surface area (Å²) < 4.78 is 0. The minimum Gasteiger partial charge on any atom is -0.393 e. The quantitative estimate of drug-likeness (QED) is 0.705. The van der Waals surface area contributed by atoms with Crippen LogP contribution in [0.2, 0.25) is 0 Å². The normalized spacial score (nSPS) is 23.2. The number of piperidine rings is 1. The number of hydrogen-bond donors (Lipinski definition) is 1. The van der Waals surface area contributed by atoms with Crippen LogP contribution in [-0.4, -0.2) is 35.7 Å². The summed E-state index contributed by atoms with van der Waals surface area (Å²) in [5.41, 5.74) is 0.607. The first-order chi connectivity index (χ1) is 7.56. The van der Waals surface area contributed by atoms with Gasteiger partial charge in [-0.1, -0.05) is 20.3 Å². The van der Waals surface area contributed by atoms with Gasteiger partial charge < -0.3 is 10.0 Å². The molecule has 1 aliphatic rings. The highest BCUT2D eigenvalue weighted by atomic mass is 16.3. The Morgan fingerprint density at radius 3 is 2.38 bits per heavy atom. The van der Waals surface area contributed by atoms with Gasteiger partial charge in [0.2, 0.25) is 0 Å². The molecule has 0 aromatic heterocycles. The Hall–Kier alpha value is -0.0800. The highest BCUT2D eigenvalue weighted by molar-refractivity contribution is 4.81. The summed E-state index contributed by atoms with van der Waals surface area (Å²) in [6.07, 6.45) is 7.29. The summed E-state index contributed by atoms with van der Waals surface area (Å²) in [7, 11) is 0. The molecule has 0 aliphatic carbocycles. The molecule has 2 nitrogen and oxygen atoms in total. The third-order valence-electron chi connectivity index (χ3n) is 4.26. The minimum absolute atomic E-state index is 0.121. The third kappa shape index (κ3) is 4.84. The van der Waals surface area contributed by atoms with Crippen molar-refractivity contribution in [2.75, 3.05) is 19.6 Å². The lowest BCUT2D eigenvalue weighted by atomic mass is 9.78. The second kappa shape index (κ2) is 6.61. The Balaban J connectivity index is 2.08. The number of nitrogens with zero attached hydrogens (tertiary/aromatic N) is 1. The molecule has 1 saturated heterocycles. The standard InChI is InChI=1S/C14H29NO/c1-4-14(3)8-11-15(12-9-14)10-6-5-7-13(2)16/h13,16H,4-12H2,1-3H3. The van der Waals surface area contributed by atoms with Gasteiger partial charge in [-0.05, 0) is 64.1 Å². The van der Waals surface area contributed by atoms with Crippen molar-refractivity contribution in [3.05, 3.63) is 0 Å². The SMILES string of the molecule is CCC1(C)CCN(CCCCC(C)O)CC1. The zero-order valence-electron chi connectivity index (χ0n) is 11.3. The highest BCUT2D eigenvalue weighted by Gasteiger charge is 2.27. The number of aliphatic hydroxyl groups excluding tert-OH is 1. The van der Waals surface area contributed by atoms with E-state index >= 15 is 0 Å². The van der Waals surface area contributed by atoms with Gasteiger partial charge in [0.05, 0.1) is 6.10 Å². The summed E-state index contributed by atoms with van der Waals surface area (Å²) in [5.74, 6) is 0. The van der Waals surface area contributed by atoms with Gasteiger partial charge in [-0.2, -0.15) is 0 Å². The van der Waals surface area contributed by atoms with E-state index in [1.54, 1.807) is 0 Å². The summed E-state index contributed by atoms with van der Waals surface area (Å²) in [5, 5.41) is 9.18. The van der Waals surface area contributed by atoms with E-state index < -0.39 is 0 Å². The van der Waals surface area contributed by atoms with Crippen LogP contribution in [0.3, 0.4) is 0 Å². The fraction of sp³-hybridized carbons (Fsp3) is 1.00. The first-order valence-corrected chi connectivity index (χ1v) is 6.96. The number of aliphatic hydroxyl groups is 1. The van der Waals surface area contributed by atoms with Gasteiger partial charge in [-0.3, -0.25) is 0 Å². The van der Waals surface area contributed by atoms with Crippen LogP contribution in [0.5, 0.6) is 0 Å². The molecule has 0 bridgehead atoms. The molecule has 1 atom stereocenters. The molecule has 2 heteroatoms. The van der Waals surface area contributed by atoms with Crippen LogP contribution in [0, 0.1) is 5.41 Å². The predicted octanol–water partition coefficient (Wildman–Crippen LogP) is 3.05. The lowest BCUT2D eigenvalue weighted by Gasteiger charge is -2.39. The molecule has 96 valence electrons. The van der Waals surface area contributed by atoms with Gasteiger partial charge in [0.15, 0.2) is 0 Å². The molecule has 0 radical (unpaired) electrons. The van der Waals surface area contributed by atoms with Crippen molar-refractivity contribution < 1.29 is 5.11 Å². The molecule has 1 N–H and O–H groups in total. The Morgan fingerprint density at radius 1 is 1.25 bits per heavy atom. The van der Waals surface area contributed by atoms with Crippen molar-refractivity contribution in [3.8, 4) is 0 Å². The number of likely N-dealkylation sites (tertiary alicyclic amines) is 1. The fourth-order valence-electron chi connectivity index (χ4n) is 2.45. The monoisotopic (exact) mass is 227 g/mol. The molecule has 0 amide bonds. The second-order valence-corrected chi connectivity index (χ2v) is 5.85. The molecule has 1 aliphatic heterocycles. The maximum Gasteiger partial charge on any atom is 0.0512 e. The lowest BCUT2D eigenvalue weighted by molar-refractivity contribution is 0.111. The van der Waals surface area contributed by atoms with Crippen molar-refractivity contribution in [1.82, 2.24) is 4.90 Å². The molecule has 0 saturated carbocycles. The number of rotatable bonds is 6. The third-order valence-corrected chi connectivity index (χ3v) is 4.26. The zero-order chi connectivity index (χ0) is 12.0. The van der Waals surface area contributed by atoms with E-state index in [0.29, 0.717) is 5.41 Å². The van der Waals surface area contributed by atoms with Crippen LogP contribution in [0.25, 0.3) is 0 Å². The second-order valence-electron chi connectivity index (χ2n) is 5.85. The van der Waals surface area contributed by atoms with Crippen molar-refractivity contribution in [3.63, 3.8) is 0 Å². The molecular weight excluding hydrogens is 198 g/mol. The van der Waals surface area contributed by atoms with Crippen LogP contribution in [0.15, 0.2) is 0 Å². The largest absolute Gasteiger partial charge is 0.393 e. The van der Waals surface area contributed by atoms with E-state index in [0.717, 1.165) is 6.42 Å². The van der Waals surface area contributed by atoms with Gasteiger partial charge in [0.1, 0.15) is 0 Å². The van der Waals surface area contributed by atoms with E-state index in [1.165, 1.54) is 51.7 Å². The van der Waals surface area contributed by atoms with Gasteiger partial charge in [0, 0.05) is 0 Å². The van der Waals surface area contributed by atoms with E-state index in [-0.39, 0.29) is 6.10 Å². The Bertz CT molecular complexity index is 183. The first-order valence-electron chi connectivity index (χ1n) is 6.96. The Labute approximate surface area is 101 Å². The molecule has 16 heavy (non-hydrogen) atoms. The summed E-state index contributed by atoms with van der Waals surface area (Å²) in [4.78, 5) is 2.60. The molecule has 1 unspecified atom stereocenters. The van der Waals surface area contributed by atoms with E-state index in [1.807, 2.05) is 6.92 Å². The Kier molecular flexibility index (Phi) is 5.77. The molecule has 0 aromatic rings. The summed E-state index contributed by atoms with van der Waals surface area (Å²) in [6, 6.07) is 0. The maximum atomic E-state index is 9.18. The van der Waals surface area contributed by atoms with Gasteiger partial charge in [-0.15, -0.1) is 0 Å². The van der Waals surface area contributed by atoms with Crippen LogP contribution in [0.4, 0.5) is 0 Å². The van der Waals surface area contributed by atoms with E-state index in [2.05, 4.69) is 18.7 Å². The topological polar surface area (TPSA) is 23.5 Å². The molecule has 1 fully saturated rings. The van der Waals surface area contributed by atoms with Crippen LogP contribution in [0.1, 0.15) is 59.3 Å². The van der Waals surface area contributed by atoms with Crippen LogP contribution in [-0.2, 0) is 0 Å². The highest BCUT2D eigenvalue weighted by Crippen LogP contribution is 2.33. The maximum absolute atomic E-state index is 9.18. The van der Waals surface area contributed by atoms with Gasteiger partial charge >= 0.3 is 0 Å². The van der Waals surface area contributed by atoms with Crippen LogP contribution < -0.4 is 0 Å². The average Bonchev–Trinajstić information content (AvgIpc) is 2.27. The van der Waals surface area contributed by atoms with Gasteiger partial charge in [0.25, 0.3) is 0 Å². The average molecular weight is 227 g/mol. The minimum atomic E-state index is -0.121. The number of hydrogen-bond acceptors (Lipinski definition) is 2. The van der Waals surface area contributed by atoms with Gasteiger partial charge in [-0.25, -0.2) is 0 Å². The lowest BCUT2D eigenvalue weighted by Crippen LogP contribution is -2.38. The van der Waals surface area contributed by atoms with Crippen molar-refractivity contribution in [2.45, 2.75) is 65.4 Å². The van der Waals surface area contributed by atoms with Crippen molar-refractivity contribution in [1.29, 1.82) is 0 Å². The molecule has 0 aromatic carbocycles. The molecule has 0 spiro atoms. The first kappa shape index (κ1) is 14.0. The zero-order valence-corrected chi connectivity index (χ0v) is 11.3. The molecular formula is C14H29NO.